The van der Waals surface area contributed by atoms with Crippen molar-refractivity contribution in [3.05, 3.63) is 29.8 Å². The molecule has 0 bridgehead atoms. The summed E-state index contributed by atoms with van der Waals surface area (Å²) >= 11 is 0. The molecule has 0 aliphatic rings. The van der Waals surface area contributed by atoms with Crippen molar-refractivity contribution in [1.82, 2.24) is 4.90 Å². The van der Waals surface area contributed by atoms with Crippen LogP contribution in [0.3, 0.4) is 0 Å². The van der Waals surface area contributed by atoms with Gasteiger partial charge in [-0.3, -0.25) is 4.90 Å². The van der Waals surface area contributed by atoms with E-state index in [1.165, 1.54) is 31.5 Å². The van der Waals surface area contributed by atoms with E-state index in [1.54, 1.807) is 0 Å². The van der Waals surface area contributed by atoms with Crippen molar-refractivity contribution >= 4 is 5.69 Å². The smallest absolute Gasteiger partial charge is 0.0314 e. The van der Waals surface area contributed by atoms with Gasteiger partial charge >= 0.3 is 0 Å². The van der Waals surface area contributed by atoms with Crippen molar-refractivity contribution in [2.24, 2.45) is 0 Å². The third-order valence-electron chi connectivity index (χ3n) is 2.47. The molecule has 0 radical (unpaired) electrons. The first-order valence-corrected chi connectivity index (χ1v) is 7.83. The normalized spacial score (nSPS) is 9.21. The summed E-state index contributed by atoms with van der Waals surface area (Å²) in [5, 5.41) is 0. The molecule has 0 fully saturated rings. The Hall–Kier alpha value is -1.02. The Labute approximate surface area is 121 Å². The molecule has 0 aliphatic heterocycles. The maximum Gasteiger partial charge on any atom is 0.0314 e. The number of benzene rings is 1. The Balaban J connectivity index is 0. The number of nitrogen functional groups attached to an aromatic ring is 1. The topological polar surface area (TPSA) is 29.3 Å². The highest BCUT2D eigenvalue weighted by atomic mass is 15.1. The number of hydrogen-bond donors (Lipinski definition) is 1. The van der Waals surface area contributed by atoms with Crippen LogP contribution in [0.25, 0.3) is 0 Å². The van der Waals surface area contributed by atoms with Gasteiger partial charge in [-0.25, -0.2) is 0 Å². The van der Waals surface area contributed by atoms with Gasteiger partial charge < -0.3 is 5.73 Å². The minimum atomic E-state index is 0.844. The summed E-state index contributed by atoms with van der Waals surface area (Å²) < 4.78 is 0. The molecule has 0 aliphatic carbocycles. The average molecular weight is 266 g/mol. The molecule has 0 atom stereocenters. The van der Waals surface area contributed by atoms with Crippen LogP contribution in [0.2, 0.25) is 0 Å². The Bertz CT molecular complexity index is 261. The van der Waals surface area contributed by atoms with Gasteiger partial charge in [0.2, 0.25) is 0 Å². The van der Waals surface area contributed by atoms with Gasteiger partial charge in [-0.2, -0.15) is 0 Å². The van der Waals surface area contributed by atoms with Crippen LogP contribution in [0, 0.1) is 0 Å². The molecule has 1 aromatic carbocycles. The van der Waals surface area contributed by atoms with Crippen LogP contribution in [0.4, 0.5) is 5.69 Å². The molecule has 2 nitrogen and oxygen atoms in total. The molecule has 19 heavy (non-hydrogen) atoms. The van der Waals surface area contributed by atoms with Gasteiger partial charge in [-0.1, -0.05) is 53.7 Å². The maximum atomic E-state index is 5.66. The quantitative estimate of drug-likeness (QED) is 0.739. The zero-order chi connectivity index (χ0) is 15.1. The lowest BCUT2D eigenvalue weighted by molar-refractivity contribution is 0.266. The SMILES string of the molecule is CC.CC.CCCN(CCC)Cc1ccc(N)cc1. The molecular weight excluding hydrogens is 232 g/mol. The standard InChI is InChI=1S/C13H22N2.2C2H6/c1-3-9-15(10-4-2)11-12-5-7-13(14)8-6-12;2*1-2/h5-8H,3-4,9-11,14H2,1-2H3;2*1-2H3. The monoisotopic (exact) mass is 266 g/mol. The van der Waals surface area contributed by atoms with Crippen molar-refractivity contribution in [3.63, 3.8) is 0 Å². The second-order valence-corrected chi connectivity index (χ2v) is 4.02. The molecule has 2 N–H and O–H groups in total. The van der Waals surface area contributed by atoms with Crippen LogP contribution in [0.5, 0.6) is 0 Å². The summed E-state index contributed by atoms with van der Waals surface area (Å²) in [7, 11) is 0. The Kier molecular flexibility index (Phi) is 16.1. The van der Waals surface area contributed by atoms with Crippen LogP contribution in [-0.2, 0) is 6.54 Å². The van der Waals surface area contributed by atoms with Gasteiger partial charge in [0.15, 0.2) is 0 Å². The molecule has 1 rings (SSSR count). The van der Waals surface area contributed by atoms with E-state index in [0.29, 0.717) is 0 Å². The largest absolute Gasteiger partial charge is 0.399 e. The highest BCUT2D eigenvalue weighted by Crippen LogP contribution is 2.09. The van der Waals surface area contributed by atoms with Gasteiger partial charge in [0.1, 0.15) is 0 Å². The number of hydrogen-bond acceptors (Lipinski definition) is 2. The summed E-state index contributed by atoms with van der Waals surface area (Å²) in [5.41, 5.74) is 7.86. The molecule has 0 aromatic heterocycles. The Morgan fingerprint density at radius 1 is 0.842 bits per heavy atom. The fraction of sp³-hybridized carbons (Fsp3) is 0.647. The Morgan fingerprint density at radius 3 is 1.63 bits per heavy atom. The molecule has 112 valence electrons. The maximum absolute atomic E-state index is 5.66. The second-order valence-electron chi connectivity index (χ2n) is 4.02. The highest BCUT2D eigenvalue weighted by molar-refractivity contribution is 5.39. The molecule has 0 unspecified atom stereocenters. The molecule has 1 aromatic rings. The summed E-state index contributed by atoms with van der Waals surface area (Å²) in [6.45, 7) is 15.9. The molecule has 0 saturated heterocycles. The van der Waals surface area contributed by atoms with Gasteiger partial charge in [-0.15, -0.1) is 0 Å². The first-order valence-electron chi connectivity index (χ1n) is 7.83. The van der Waals surface area contributed by atoms with Crippen molar-refractivity contribution < 1.29 is 0 Å². The van der Waals surface area contributed by atoms with Gasteiger partial charge in [0.05, 0.1) is 0 Å². The molecule has 0 heterocycles. The fourth-order valence-corrected chi connectivity index (χ4v) is 1.78. The van der Waals surface area contributed by atoms with E-state index in [9.17, 15) is 0 Å². The predicted octanol–water partition coefficient (Wildman–Crippen LogP) is 4.94. The van der Waals surface area contributed by atoms with E-state index in [-0.39, 0.29) is 0 Å². The first-order chi connectivity index (χ1) is 9.26. The van der Waals surface area contributed by atoms with Gasteiger partial charge in [0.25, 0.3) is 0 Å². The number of rotatable bonds is 6. The summed E-state index contributed by atoms with van der Waals surface area (Å²) in [6.07, 6.45) is 2.43. The summed E-state index contributed by atoms with van der Waals surface area (Å²) in [4.78, 5) is 2.49. The molecule has 0 amide bonds. The van der Waals surface area contributed by atoms with Crippen LogP contribution in [-0.4, -0.2) is 18.0 Å². The van der Waals surface area contributed by atoms with E-state index in [1.807, 2.05) is 39.8 Å². The summed E-state index contributed by atoms with van der Waals surface area (Å²) in [6, 6.07) is 8.19. The third kappa shape index (κ3) is 10.6. The average Bonchev–Trinajstić information content (AvgIpc) is 2.46. The lowest BCUT2D eigenvalue weighted by Gasteiger charge is -2.20. The van der Waals surface area contributed by atoms with E-state index < -0.39 is 0 Å². The molecule has 0 saturated carbocycles. The number of nitrogens with zero attached hydrogens (tertiary/aromatic N) is 1. The zero-order valence-corrected chi connectivity index (χ0v) is 13.9. The Morgan fingerprint density at radius 2 is 1.26 bits per heavy atom. The van der Waals surface area contributed by atoms with Crippen molar-refractivity contribution in [3.8, 4) is 0 Å². The van der Waals surface area contributed by atoms with Crippen LogP contribution >= 0.6 is 0 Å². The molecular formula is C17H34N2. The van der Waals surface area contributed by atoms with E-state index in [4.69, 9.17) is 5.73 Å². The highest BCUT2D eigenvalue weighted by Gasteiger charge is 2.03. The number of anilines is 1. The van der Waals surface area contributed by atoms with Crippen molar-refractivity contribution in [1.29, 1.82) is 0 Å². The van der Waals surface area contributed by atoms with Crippen LogP contribution < -0.4 is 5.73 Å². The zero-order valence-electron chi connectivity index (χ0n) is 13.9. The lowest BCUT2D eigenvalue weighted by atomic mass is 10.2. The van der Waals surface area contributed by atoms with E-state index in [0.717, 1.165) is 12.2 Å². The van der Waals surface area contributed by atoms with E-state index in [2.05, 4.69) is 30.9 Å². The van der Waals surface area contributed by atoms with Crippen LogP contribution in [0.15, 0.2) is 24.3 Å². The molecule has 0 spiro atoms. The van der Waals surface area contributed by atoms with Crippen molar-refractivity contribution in [2.45, 2.75) is 60.9 Å². The minimum Gasteiger partial charge on any atom is -0.399 e. The predicted molar refractivity (Wildman–Crippen MR) is 89.4 cm³/mol. The molecule has 2 heteroatoms. The summed E-state index contributed by atoms with van der Waals surface area (Å²) in [5.74, 6) is 0. The first kappa shape index (κ1) is 20.3. The number of nitrogens with two attached hydrogens (primary N) is 1. The lowest BCUT2D eigenvalue weighted by Crippen LogP contribution is -2.24. The third-order valence-corrected chi connectivity index (χ3v) is 2.47. The fourth-order valence-electron chi connectivity index (χ4n) is 1.78. The van der Waals surface area contributed by atoms with Crippen molar-refractivity contribution in [2.75, 3.05) is 18.8 Å². The van der Waals surface area contributed by atoms with E-state index >= 15 is 0 Å². The van der Waals surface area contributed by atoms with Gasteiger partial charge in [0, 0.05) is 12.2 Å². The minimum absolute atomic E-state index is 0.844. The van der Waals surface area contributed by atoms with Crippen LogP contribution in [0.1, 0.15) is 59.9 Å². The van der Waals surface area contributed by atoms with Gasteiger partial charge in [-0.05, 0) is 43.6 Å². The second kappa shape index (κ2) is 15.0.